The Morgan fingerprint density at radius 3 is 2.65 bits per heavy atom. The van der Waals surface area contributed by atoms with Crippen molar-refractivity contribution in [1.82, 2.24) is 25.4 Å². The van der Waals surface area contributed by atoms with Crippen LogP contribution < -0.4 is 10.6 Å². The molecule has 0 amide bonds. The predicted octanol–water partition coefficient (Wildman–Crippen LogP) is 2.75. The van der Waals surface area contributed by atoms with Gasteiger partial charge in [0, 0.05) is 38.7 Å². The van der Waals surface area contributed by atoms with Crippen LogP contribution >= 0.6 is 0 Å². The van der Waals surface area contributed by atoms with Gasteiger partial charge in [0.15, 0.2) is 11.8 Å². The van der Waals surface area contributed by atoms with Gasteiger partial charge >= 0.3 is 0 Å². The molecule has 0 bridgehead atoms. The first-order valence-corrected chi connectivity index (χ1v) is 8.61. The van der Waals surface area contributed by atoms with Crippen molar-refractivity contribution in [1.29, 1.82) is 0 Å². The summed E-state index contributed by atoms with van der Waals surface area (Å²) in [6.07, 6.45) is 5.41. The second kappa shape index (κ2) is 8.29. The molecule has 0 aliphatic rings. The third-order valence-corrected chi connectivity index (χ3v) is 4.18. The van der Waals surface area contributed by atoms with Gasteiger partial charge in [-0.2, -0.15) is 5.10 Å². The Kier molecular flexibility index (Phi) is 5.63. The highest BCUT2D eigenvalue weighted by Crippen LogP contribution is 2.10. The summed E-state index contributed by atoms with van der Waals surface area (Å²) in [7, 11) is 1.78. The molecule has 0 fully saturated rings. The van der Waals surface area contributed by atoms with E-state index >= 15 is 0 Å². The van der Waals surface area contributed by atoms with Gasteiger partial charge in [0.1, 0.15) is 0 Å². The van der Waals surface area contributed by atoms with Crippen LogP contribution in [0.5, 0.6) is 0 Å². The highest BCUT2D eigenvalue weighted by atomic mass is 15.3. The summed E-state index contributed by atoms with van der Waals surface area (Å²) >= 11 is 0. The average molecular weight is 348 g/mol. The molecule has 3 rings (SSSR count). The van der Waals surface area contributed by atoms with E-state index in [9.17, 15) is 0 Å². The Hall–Kier alpha value is -3.15. The number of aromatic nitrogens is 3. The number of rotatable bonds is 5. The topological polar surface area (TPSA) is 67.1 Å². The summed E-state index contributed by atoms with van der Waals surface area (Å²) in [4.78, 5) is 8.65. The minimum atomic E-state index is 0.656. The highest BCUT2D eigenvalue weighted by molar-refractivity contribution is 5.79. The van der Waals surface area contributed by atoms with Crippen LogP contribution in [0.3, 0.4) is 0 Å². The number of pyridine rings is 1. The molecule has 3 aromatic rings. The van der Waals surface area contributed by atoms with E-state index in [0.717, 1.165) is 23.9 Å². The summed E-state index contributed by atoms with van der Waals surface area (Å²) in [5.74, 6) is 1.56. The molecule has 0 saturated carbocycles. The van der Waals surface area contributed by atoms with Crippen molar-refractivity contribution in [2.75, 3.05) is 7.05 Å². The van der Waals surface area contributed by atoms with Crippen LogP contribution in [-0.4, -0.2) is 27.8 Å². The first-order valence-electron chi connectivity index (χ1n) is 8.61. The monoisotopic (exact) mass is 348 g/mol. The van der Waals surface area contributed by atoms with E-state index in [1.165, 1.54) is 16.7 Å². The zero-order valence-electron chi connectivity index (χ0n) is 15.4. The quantitative estimate of drug-likeness (QED) is 0.550. The second-order valence-corrected chi connectivity index (χ2v) is 6.18. The lowest BCUT2D eigenvalue weighted by molar-refractivity contribution is 0.798. The van der Waals surface area contributed by atoms with Crippen molar-refractivity contribution < 1.29 is 0 Å². The van der Waals surface area contributed by atoms with Crippen molar-refractivity contribution in [3.63, 3.8) is 0 Å². The molecule has 0 radical (unpaired) electrons. The van der Waals surface area contributed by atoms with Gasteiger partial charge in [-0.3, -0.25) is 4.99 Å². The largest absolute Gasteiger partial charge is 0.352 e. The Morgan fingerprint density at radius 1 is 1.08 bits per heavy atom. The Balaban J connectivity index is 1.58. The van der Waals surface area contributed by atoms with Crippen molar-refractivity contribution in [2.24, 2.45) is 4.99 Å². The van der Waals surface area contributed by atoms with E-state index in [4.69, 9.17) is 0 Å². The molecule has 0 unspecified atom stereocenters. The van der Waals surface area contributed by atoms with Crippen LogP contribution in [0.4, 0.5) is 0 Å². The number of aliphatic imine (C=N–C) groups is 1. The SMILES string of the molecule is CN=C(NCc1ccnc(-n2cccn2)c1)NCc1ccc(C)cc1C. The van der Waals surface area contributed by atoms with Gasteiger partial charge in [-0.15, -0.1) is 0 Å². The number of nitrogens with one attached hydrogen (secondary N) is 2. The van der Waals surface area contributed by atoms with Gasteiger partial charge in [0.05, 0.1) is 0 Å². The maximum absolute atomic E-state index is 4.35. The lowest BCUT2D eigenvalue weighted by atomic mass is 10.1. The third kappa shape index (κ3) is 4.47. The van der Waals surface area contributed by atoms with Crippen molar-refractivity contribution in [3.05, 3.63) is 77.2 Å². The third-order valence-electron chi connectivity index (χ3n) is 4.18. The lowest BCUT2D eigenvalue weighted by Crippen LogP contribution is -2.36. The Labute approximate surface area is 154 Å². The second-order valence-electron chi connectivity index (χ2n) is 6.18. The van der Waals surface area contributed by atoms with Crippen LogP contribution in [0.1, 0.15) is 22.3 Å². The first-order chi connectivity index (χ1) is 12.7. The number of guanidine groups is 1. The van der Waals surface area contributed by atoms with Gasteiger partial charge in [0.25, 0.3) is 0 Å². The molecule has 26 heavy (non-hydrogen) atoms. The summed E-state index contributed by atoms with van der Waals surface area (Å²) < 4.78 is 1.75. The molecule has 0 spiro atoms. The van der Waals surface area contributed by atoms with E-state index < -0.39 is 0 Å². The molecule has 2 N–H and O–H groups in total. The number of benzene rings is 1. The van der Waals surface area contributed by atoms with Crippen LogP contribution in [0.15, 0.2) is 60.0 Å². The highest BCUT2D eigenvalue weighted by Gasteiger charge is 2.04. The molecule has 134 valence electrons. The summed E-state index contributed by atoms with van der Waals surface area (Å²) in [6, 6.07) is 12.4. The van der Waals surface area contributed by atoms with E-state index in [0.29, 0.717) is 6.54 Å². The zero-order chi connectivity index (χ0) is 18.4. The van der Waals surface area contributed by atoms with Crippen LogP contribution in [0.2, 0.25) is 0 Å². The molecule has 0 atom stereocenters. The molecular weight excluding hydrogens is 324 g/mol. The van der Waals surface area contributed by atoms with Crippen LogP contribution in [0.25, 0.3) is 5.82 Å². The number of aryl methyl sites for hydroxylation is 2. The fourth-order valence-electron chi connectivity index (χ4n) is 2.73. The fourth-order valence-corrected chi connectivity index (χ4v) is 2.73. The maximum Gasteiger partial charge on any atom is 0.191 e. The van der Waals surface area contributed by atoms with Crippen LogP contribution in [0, 0.1) is 13.8 Å². The van der Waals surface area contributed by atoms with E-state index in [2.05, 4.69) is 57.8 Å². The Morgan fingerprint density at radius 2 is 1.92 bits per heavy atom. The molecule has 2 aromatic heterocycles. The van der Waals surface area contributed by atoms with Gasteiger partial charge < -0.3 is 10.6 Å². The van der Waals surface area contributed by atoms with Gasteiger partial charge in [0.2, 0.25) is 0 Å². The van der Waals surface area contributed by atoms with E-state index in [1.807, 2.05) is 24.4 Å². The average Bonchev–Trinajstić information content (AvgIpc) is 3.18. The first kappa shape index (κ1) is 17.7. The minimum Gasteiger partial charge on any atom is -0.352 e. The van der Waals surface area contributed by atoms with Gasteiger partial charge in [-0.1, -0.05) is 23.8 Å². The standard InChI is InChI=1S/C20H24N6/c1-15-5-6-18(16(2)11-15)14-24-20(21-3)23-13-17-7-9-22-19(12-17)26-10-4-8-25-26/h4-12H,13-14H2,1-3H3,(H2,21,23,24). The zero-order valence-corrected chi connectivity index (χ0v) is 15.4. The maximum atomic E-state index is 4.35. The molecule has 0 aliphatic carbocycles. The molecule has 0 saturated heterocycles. The number of hydrogen-bond donors (Lipinski definition) is 2. The van der Waals surface area contributed by atoms with Crippen molar-refractivity contribution in [3.8, 4) is 5.82 Å². The van der Waals surface area contributed by atoms with E-state index in [1.54, 1.807) is 24.1 Å². The van der Waals surface area contributed by atoms with Gasteiger partial charge in [-0.05, 0) is 48.7 Å². The lowest BCUT2D eigenvalue weighted by Gasteiger charge is -2.14. The van der Waals surface area contributed by atoms with Crippen LogP contribution in [-0.2, 0) is 13.1 Å². The minimum absolute atomic E-state index is 0.656. The predicted molar refractivity (Wildman–Crippen MR) is 104 cm³/mol. The molecular formula is C20H24N6. The summed E-state index contributed by atoms with van der Waals surface area (Å²) in [5, 5.41) is 10.9. The summed E-state index contributed by atoms with van der Waals surface area (Å²) in [6.45, 7) is 5.63. The Bertz CT molecular complexity index is 883. The summed E-state index contributed by atoms with van der Waals surface area (Å²) in [5.41, 5.74) is 4.94. The van der Waals surface area contributed by atoms with E-state index in [-0.39, 0.29) is 0 Å². The van der Waals surface area contributed by atoms with Gasteiger partial charge in [-0.25, -0.2) is 9.67 Å². The molecule has 0 aliphatic heterocycles. The molecule has 6 nitrogen and oxygen atoms in total. The molecule has 2 heterocycles. The smallest absolute Gasteiger partial charge is 0.191 e. The number of nitrogens with zero attached hydrogens (tertiary/aromatic N) is 4. The van der Waals surface area contributed by atoms with Crippen molar-refractivity contribution >= 4 is 5.96 Å². The molecule has 6 heteroatoms. The number of hydrogen-bond acceptors (Lipinski definition) is 3. The van der Waals surface area contributed by atoms with Crippen molar-refractivity contribution in [2.45, 2.75) is 26.9 Å². The normalized spacial score (nSPS) is 11.4. The molecule has 1 aromatic carbocycles. The fraction of sp³-hybridized carbons (Fsp3) is 0.250.